The van der Waals surface area contributed by atoms with E-state index in [0.29, 0.717) is 23.0 Å². The maximum absolute atomic E-state index is 13.1. The Bertz CT molecular complexity index is 1130. The first kappa shape index (κ1) is 20.6. The Kier molecular flexibility index (Phi) is 5.89. The molecule has 2 aromatic carbocycles. The molecule has 156 valence electrons. The number of amides is 1. The lowest BCUT2D eigenvalue weighted by Crippen LogP contribution is -2.41. The average Bonchev–Trinajstić information content (AvgIpc) is 3.23. The molecule has 1 aliphatic heterocycles. The summed E-state index contributed by atoms with van der Waals surface area (Å²) in [6.45, 7) is 0.451. The first-order chi connectivity index (χ1) is 14.4. The van der Waals surface area contributed by atoms with Crippen LogP contribution in [0.3, 0.4) is 0 Å². The fourth-order valence-electron chi connectivity index (χ4n) is 3.29. The zero-order chi connectivity index (χ0) is 21.1. The third kappa shape index (κ3) is 4.40. The van der Waals surface area contributed by atoms with Gasteiger partial charge in [-0.15, -0.1) is 10.2 Å². The minimum Gasteiger partial charge on any atom is -0.300 e. The number of benzene rings is 2. The number of halogens is 1. The standard InChI is InChI=1S/C20H19FN4O3S2/c21-16-6-8-17(9-7-16)30(27,28)25-12-10-14(11-13-25)18(26)22-20-24-23-19(29-20)15-4-2-1-3-5-15/h1-9,14H,10-13H2,(H,22,24,26). The van der Waals surface area contributed by atoms with Crippen molar-refractivity contribution in [1.29, 1.82) is 0 Å². The van der Waals surface area contributed by atoms with Gasteiger partial charge in [0.1, 0.15) is 10.8 Å². The molecule has 1 N–H and O–H groups in total. The van der Waals surface area contributed by atoms with Gasteiger partial charge in [-0.25, -0.2) is 12.8 Å². The molecule has 1 amide bonds. The monoisotopic (exact) mass is 446 g/mol. The van der Waals surface area contributed by atoms with Gasteiger partial charge in [0, 0.05) is 24.6 Å². The molecule has 10 heteroatoms. The molecule has 0 atom stereocenters. The van der Waals surface area contributed by atoms with Crippen molar-refractivity contribution in [3.05, 3.63) is 60.4 Å². The van der Waals surface area contributed by atoms with E-state index in [9.17, 15) is 17.6 Å². The molecule has 1 fully saturated rings. The van der Waals surface area contributed by atoms with Crippen molar-refractivity contribution in [2.24, 2.45) is 5.92 Å². The Balaban J connectivity index is 1.36. The van der Waals surface area contributed by atoms with Gasteiger partial charge in [0.05, 0.1) is 4.90 Å². The predicted molar refractivity (Wildman–Crippen MR) is 112 cm³/mol. The molecule has 0 radical (unpaired) electrons. The van der Waals surface area contributed by atoms with Gasteiger partial charge in [-0.1, -0.05) is 41.7 Å². The van der Waals surface area contributed by atoms with Crippen LogP contribution < -0.4 is 5.32 Å². The number of anilines is 1. The third-order valence-corrected chi connectivity index (χ3v) is 7.75. The Morgan fingerprint density at radius 3 is 2.37 bits per heavy atom. The second-order valence-corrected chi connectivity index (χ2v) is 9.82. The van der Waals surface area contributed by atoms with Crippen molar-refractivity contribution in [1.82, 2.24) is 14.5 Å². The maximum Gasteiger partial charge on any atom is 0.243 e. The van der Waals surface area contributed by atoms with Crippen LogP contribution in [0.1, 0.15) is 12.8 Å². The second-order valence-electron chi connectivity index (χ2n) is 6.90. The highest BCUT2D eigenvalue weighted by atomic mass is 32.2. The highest BCUT2D eigenvalue weighted by Crippen LogP contribution is 2.28. The van der Waals surface area contributed by atoms with E-state index < -0.39 is 15.8 Å². The van der Waals surface area contributed by atoms with E-state index in [-0.39, 0.29) is 29.8 Å². The van der Waals surface area contributed by atoms with Gasteiger partial charge >= 0.3 is 0 Å². The van der Waals surface area contributed by atoms with E-state index in [1.165, 1.54) is 27.8 Å². The number of sulfonamides is 1. The summed E-state index contributed by atoms with van der Waals surface area (Å²) >= 11 is 1.29. The molecule has 0 bridgehead atoms. The number of carbonyl (C=O) groups excluding carboxylic acids is 1. The minimum atomic E-state index is -3.70. The molecule has 0 saturated carbocycles. The zero-order valence-corrected chi connectivity index (χ0v) is 17.5. The summed E-state index contributed by atoms with van der Waals surface area (Å²) in [5, 5.41) is 12.1. The van der Waals surface area contributed by atoms with Crippen molar-refractivity contribution >= 4 is 32.4 Å². The van der Waals surface area contributed by atoms with Crippen LogP contribution >= 0.6 is 11.3 Å². The van der Waals surface area contributed by atoms with Crippen LogP contribution in [-0.4, -0.2) is 41.9 Å². The van der Waals surface area contributed by atoms with Gasteiger partial charge < -0.3 is 5.32 Å². The number of hydrogen-bond acceptors (Lipinski definition) is 6. The lowest BCUT2D eigenvalue weighted by Gasteiger charge is -2.30. The Labute approximate surface area is 177 Å². The summed E-state index contributed by atoms with van der Waals surface area (Å²) in [6.07, 6.45) is 0.799. The van der Waals surface area contributed by atoms with Gasteiger partial charge in [-0.05, 0) is 37.1 Å². The topological polar surface area (TPSA) is 92.3 Å². The Morgan fingerprint density at radius 2 is 1.70 bits per heavy atom. The molecule has 2 heterocycles. The fourth-order valence-corrected chi connectivity index (χ4v) is 5.51. The molecule has 0 aliphatic carbocycles. The van der Waals surface area contributed by atoms with E-state index in [1.54, 1.807) is 0 Å². The largest absolute Gasteiger partial charge is 0.300 e. The maximum atomic E-state index is 13.1. The van der Waals surface area contributed by atoms with E-state index in [1.807, 2.05) is 30.3 Å². The smallest absolute Gasteiger partial charge is 0.243 e. The van der Waals surface area contributed by atoms with E-state index in [4.69, 9.17) is 0 Å². The van der Waals surface area contributed by atoms with E-state index in [2.05, 4.69) is 15.5 Å². The number of hydrogen-bond donors (Lipinski definition) is 1. The third-order valence-electron chi connectivity index (χ3n) is 4.95. The lowest BCUT2D eigenvalue weighted by molar-refractivity contribution is -0.120. The van der Waals surface area contributed by atoms with Gasteiger partial charge in [-0.3, -0.25) is 4.79 Å². The van der Waals surface area contributed by atoms with Gasteiger partial charge in [0.15, 0.2) is 0 Å². The molecular weight excluding hydrogens is 427 g/mol. The average molecular weight is 447 g/mol. The summed E-state index contributed by atoms with van der Waals surface area (Å²) in [5.74, 6) is -0.991. The van der Waals surface area contributed by atoms with E-state index >= 15 is 0 Å². The van der Waals surface area contributed by atoms with Crippen LogP contribution in [0, 0.1) is 11.7 Å². The van der Waals surface area contributed by atoms with Crippen molar-refractivity contribution in [3.8, 4) is 10.6 Å². The number of rotatable bonds is 5. The number of aromatic nitrogens is 2. The first-order valence-electron chi connectivity index (χ1n) is 9.39. The zero-order valence-electron chi connectivity index (χ0n) is 15.9. The van der Waals surface area contributed by atoms with Gasteiger partial charge in [0.2, 0.25) is 21.1 Å². The van der Waals surface area contributed by atoms with Crippen molar-refractivity contribution in [3.63, 3.8) is 0 Å². The normalized spacial score (nSPS) is 15.8. The van der Waals surface area contributed by atoms with Crippen LogP contribution in [0.4, 0.5) is 9.52 Å². The number of nitrogens with one attached hydrogen (secondary N) is 1. The summed E-state index contributed by atoms with van der Waals surface area (Å²) in [7, 11) is -3.70. The van der Waals surface area contributed by atoms with Crippen molar-refractivity contribution < 1.29 is 17.6 Å². The van der Waals surface area contributed by atoms with Crippen LogP contribution in [0.25, 0.3) is 10.6 Å². The molecule has 0 unspecified atom stereocenters. The molecule has 3 aromatic rings. The summed E-state index contributed by atoms with van der Waals surface area (Å²) in [6, 6.07) is 14.3. The first-order valence-corrected chi connectivity index (χ1v) is 11.6. The number of piperidine rings is 1. The Hall–Kier alpha value is -2.69. The quantitative estimate of drug-likeness (QED) is 0.649. The molecule has 7 nitrogen and oxygen atoms in total. The summed E-state index contributed by atoms with van der Waals surface area (Å²) < 4.78 is 39.8. The molecule has 1 saturated heterocycles. The number of nitrogens with zero attached hydrogens (tertiary/aromatic N) is 3. The molecular formula is C20H19FN4O3S2. The fraction of sp³-hybridized carbons (Fsp3) is 0.250. The van der Waals surface area contributed by atoms with Crippen LogP contribution in [-0.2, 0) is 14.8 Å². The van der Waals surface area contributed by atoms with Crippen molar-refractivity contribution in [2.75, 3.05) is 18.4 Å². The molecule has 0 spiro atoms. The van der Waals surface area contributed by atoms with Crippen LogP contribution in [0.5, 0.6) is 0 Å². The lowest BCUT2D eigenvalue weighted by atomic mass is 9.97. The number of carbonyl (C=O) groups is 1. The highest BCUT2D eigenvalue weighted by molar-refractivity contribution is 7.89. The van der Waals surface area contributed by atoms with Crippen LogP contribution in [0.2, 0.25) is 0 Å². The van der Waals surface area contributed by atoms with Crippen molar-refractivity contribution in [2.45, 2.75) is 17.7 Å². The molecule has 30 heavy (non-hydrogen) atoms. The van der Waals surface area contributed by atoms with Gasteiger partial charge in [0.25, 0.3) is 0 Å². The predicted octanol–water partition coefficient (Wildman–Crippen LogP) is 3.38. The molecule has 1 aliphatic rings. The van der Waals surface area contributed by atoms with Gasteiger partial charge in [-0.2, -0.15) is 4.31 Å². The SMILES string of the molecule is O=C(Nc1nnc(-c2ccccc2)s1)C1CCN(S(=O)(=O)c2ccc(F)cc2)CC1. The van der Waals surface area contributed by atoms with Crippen LogP contribution in [0.15, 0.2) is 59.5 Å². The Morgan fingerprint density at radius 1 is 1.03 bits per heavy atom. The molecule has 4 rings (SSSR count). The van der Waals surface area contributed by atoms with E-state index in [0.717, 1.165) is 17.7 Å². The molecule has 1 aromatic heterocycles. The summed E-state index contributed by atoms with van der Waals surface area (Å²) in [5.41, 5.74) is 0.926. The minimum absolute atomic E-state index is 0.0501. The second kappa shape index (κ2) is 8.58. The highest BCUT2D eigenvalue weighted by Gasteiger charge is 2.32. The summed E-state index contributed by atoms with van der Waals surface area (Å²) in [4.78, 5) is 12.6.